The van der Waals surface area contributed by atoms with Gasteiger partial charge in [-0.25, -0.2) is 4.57 Å². The van der Waals surface area contributed by atoms with Crippen LogP contribution >= 0.6 is 7.82 Å². The maximum atomic E-state index is 10.4. The van der Waals surface area contributed by atoms with E-state index in [9.17, 15) is 19.9 Å². The Bertz CT molecular complexity index is 317. The lowest BCUT2D eigenvalue weighted by Crippen LogP contribution is -2.59. The molecule has 0 spiro atoms. The van der Waals surface area contributed by atoms with Gasteiger partial charge in [0, 0.05) is 0 Å². The molecule has 0 aromatic carbocycles. The fourth-order valence-electron chi connectivity index (χ4n) is 1.53. The Morgan fingerprint density at radius 2 is 1.68 bits per heavy atom. The summed E-state index contributed by atoms with van der Waals surface area (Å²) in [7, 11) is -4.60. The molecule has 1 saturated heterocycles. The molecule has 0 aliphatic carbocycles. The summed E-state index contributed by atoms with van der Waals surface area (Å²) in [5, 5.41) is 37.3. The lowest BCUT2D eigenvalue weighted by Gasteiger charge is -2.39. The SMILES string of the molecule is O=P(O)(O)OCCO[C@@H]1OC(CO)[C@@H](O)[C@H](O)C1O. The Labute approximate surface area is 108 Å². The molecule has 0 amide bonds. The topological polar surface area (TPSA) is 166 Å². The predicted molar refractivity (Wildman–Crippen MR) is 57.7 cm³/mol. The van der Waals surface area contributed by atoms with Gasteiger partial charge in [0.1, 0.15) is 24.4 Å². The molecule has 1 fully saturated rings. The van der Waals surface area contributed by atoms with Crippen LogP contribution in [0.1, 0.15) is 0 Å². The first-order valence-electron chi connectivity index (χ1n) is 5.38. The number of rotatable bonds is 6. The number of phosphoric ester groups is 1. The van der Waals surface area contributed by atoms with E-state index >= 15 is 0 Å². The Balaban J connectivity index is 2.42. The minimum absolute atomic E-state index is 0.326. The second kappa shape index (κ2) is 7.04. The standard InChI is InChI=1S/C8H17O10P/c9-3-4-5(10)6(11)7(12)8(18-4)16-1-2-17-19(13,14)15/h4-12H,1-3H2,(H2,13,14,15)/t4?,5-,6+,7?,8-/m1/s1. The second-order valence-electron chi connectivity index (χ2n) is 3.89. The average Bonchev–Trinajstić information content (AvgIpc) is 2.33. The molecular formula is C8H17O10P. The summed E-state index contributed by atoms with van der Waals surface area (Å²) in [6.07, 6.45) is -7.08. The van der Waals surface area contributed by atoms with Gasteiger partial charge in [-0.1, -0.05) is 0 Å². The van der Waals surface area contributed by atoms with Crippen LogP contribution in [0.4, 0.5) is 0 Å². The van der Waals surface area contributed by atoms with Crippen LogP contribution in [-0.2, 0) is 18.6 Å². The van der Waals surface area contributed by atoms with Crippen LogP contribution in [0.2, 0.25) is 0 Å². The van der Waals surface area contributed by atoms with Crippen molar-refractivity contribution in [2.45, 2.75) is 30.7 Å². The first-order valence-corrected chi connectivity index (χ1v) is 6.91. The van der Waals surface area contributed by atoms with Gasteiger partial charge in [-0.15, -0.1) is 0 Å². The smallest absolute Gasteiger partial charge is 0.394 e. The molecule has 19 heavy (non-hydrogen) atoms. The van der Waals surface area contributed by atoms with E-state index in [0.717, 1.165) is 0 Å². The van der Waals surface area contributed by atoms with E-state index in [-0.39, 0.29) is 6.61 Å². The van der Waals surface area contributed by atoms with Crippen molar-refractivity contribution in [2.75, 3.05) is 19.8 Å². The maximum Gasteiger partial charge on any atom is 0.469 e. The van der Waals surface area contributed by atoms with Crippen LogP contribution in [0.25, 0.3) is 0 Å². The maximum absolute atomic E-state index is 10.4. The summed E-state index contributed by atoms with van der Waals surface area (Å²) in [5.74, 6) is 0. The van der Waals surface area contributed by atoms with Crippen LogP contribution < -0.4 is 0 Å². The second-order valence-corrected chi connectivity index (χ2v) is 5.13. The summed E-state index contributed by atoms with van der Waals surface area (Å²) in [5.41, 5.74) is 0. The van der Waals surface area contributed by atoms with Gasteiger partial charge in [-0.05, 0) is 0 Å². The van der Waals surface area contributed by atoms with Crippen molar-refractivity contribution < 1.29 is 48.8 Å². The Kier molecular flexibility index (Phi) is 6.27. The van der Waals surface area contributed by atoms with E-state index in [4.69, 9.17) is 24.4 Å². The molecule has 6 N–H and O–H groups in total. The summed E-state index contributed by atoms with van der Waals surface area (Å²) < 4.78 is 24.4. The van der Waals surface area contributed by atoms with Crippen LogP contribution in [0.15, 0.2) is 0 Å². The van der Waals surface area contributed by atoms with E-state index in [2.05, 4.69) is 4.52 Å². The first-order chi connectivity index (χ1) is 8.76. The summed E-state index contributed by atoms with van der Waals surface area (Å²) in [4.78, 5) is 16.8. The predicted octanol–water partition coefficient (Wildman–Crippen LogP) is -3.09. The molecule has 114 valence electrons. The Morgan fingerprint density at radius 3 is 2.21 bits per heavy atom. The monoisotopic (exact) mass is 304 g/mol. The molecule has 1 heterocycles. The Morgan fingerprint density at radius 1 is 1.05 bits per heavy atom. The molecule has 1 rings (SSSR count). The van der Waals surface area contributed by atoms with Gasteiger partial charge in [0.05, 0.1) is 19.8 Å². The van der Waals surface area contributed by atoms with E-state index in [1.807, 2.05) is 0 Å². The van der Waals surface area contributed by atoms with E-state index < -0.39 is 51.7 Å². The first kappa shape index (κ1) is 16.9. The fraction of sp³-hybridized carbons (Fsp3) is 1.00. The van der Waals surface area contributed by atoms with Gasteiger partial charge in [0.2, 0.25) is 0 Å². The van der Waals surface area contributed by atoms with E-state index in [1.165, 1.54) is 0 Å². The zero-order valence-electron chi connectivity index (χ0n) is 9.77. The van der Waals surface area contributed by atoms with Crippen LogP contribution in [0, 0.1) is 0 Å². The number of hydrogen-bond acceptors (Lipinski definition) is 8. The van der Waals surface area contributed by atoms with Crippen LogP contribution in [0.3, 0.4) is 0 Å². The van der Waals surface area contributed by atoms with E-state index in [0.29, 0.717) is 0 Å². The third-order valence-electron chi connectivity index (χ3n) is 2.47. The third-order valence-corrected chi connectivity index (χ3v) is 2.99. The molecule has 5 atom stereocenters. The largest absolute Gasteiger partial charge is 0.469 e. The number of hydrogen-bond donors (Lipinski definition) is 6. The van der Waals surface area contributed by atoms with Crippen molar-refractivity contribution in [2.24, 2.45) is 0 Å². The summed E-state index contributed by atoms with van der Waals surface area (Å²) >= 11 is 0. The highest BCUT2D eigenvalue weighted by Crippen LogP contribution is 2.35. The van der Waals surface area contributed by atoms with Gasteiger partial charge in [-0.2, -0.15) is 0 Å². The van der Waals surface area contributed by atoms with Gasteiger partial charge in [0.25, 0.3) is 0 Å². The zero-order chi connectivity index (χ0) is 14.6. The van der Waals surface area contributed by atoms with Crippen molar-refractivity contribution in [1.82, 2.24) is 0 Å². The summed E-state index contributed by atoms with van der Waals surface area (Å²) in [6.45, 7) is -1.38. The highest BCUT2D eigenvalue weighted by molar-refractivity contribution is 7.46. The van der Waals surface area contributed by atoms with Crippen molar-refractivity contribution in [3.05, 3.63) is 0 Å². The van der Waals surface area contributed by atoms with Crippen LogP contribution in [0.5, 0.6) is 0 Å². The lowest BCUT2D eigenvalue weighted by molar-refractivity contribution is -0.301. The molecular weight excluding hydrogens is 287 g/mol. The lowest BCUT2D eigenvalue weighted by atomic mass is 9.99. The van der Waals surface area contributed by atoms with Crippen LogP contribution in [-0.4, -0.2) is 80.7 Å². The third kappa shape index (κ3) is 5.04. The van der Waals surface area contributed by atoms with Gasteiger partial charge < -0.3 is 39.7 Å². The number of ether oxygens (including phenoxy) is 2. The highest BCUT2D eigenvalue weighted by atomic mass is 31.2. The fourth-order valence-corrected chi connectivity index (χ4v) is 1.84. The van der Waals surface area contributed by atoms with Crippen molar-refractivity contribution in [3.8, 4) is 0 Å². The zero-order valence-corrected chi connectivity index (χ0v) is 10.7. The Hall–Kier alpha value is -0.130. The molecule has 2 unspecified atom stereocenters. The molecule has 10 nitrogen and oxygen atoms in total. The quantitative estimate of drug-likeness (QED) is 0.219. The molecule has 0 aromatic rings. The van der Waals surface area contributed by atoms with Crippen molar-refractivity contribution >= 4 is 7.82 Å². The normalized spacial score (nSPS) is 36.4. The van der Waals surface area contributed by atoms with Gasteiger partial charge in [0.15, 0.2) is 6.29 Å². The number of aliphatic hydroxyl groups excluding tert-OH is 4. The molecule has 1 aliphatic heterocycles. The number of aliphatic hydroxyl groups is 4. The average molecular weight is 304 g/mol. The van der Waals surface area contributed by atoms with Crippen molar-refractivity contribution in [3.63, 3.8) is 0 Å². The minimum atomic E-state index is -4.60. The molecule has 11 heteroatoms. The summed E-state index contributed by atoms with van der Waals surface area (Å²) in [6, 6.07) is 0. The van der Waals surface area contributed by atoms with Gasteiger partial charge >= 0.3 is 7.82 Å². The van der Waals surface area contributed by atoms with Gasteiger partial charge in [-0.3, -0.25) is 4.52 Å². The van der Waals surface area contributed by atoms with E-state index in [1.54, 1.807) is 0 Å². The molecule has 0 saturated carbocycles. The van der Waals surface area contributed by atoms with Crippen molar-refractivity contribution in [1.29, 1.82) is 0 Å². The number of phosphoric acid groups is 1. The molecule has 0 aromatic heterocycles. The molecule has 1 aliphatic rings. The molecule has 0 radical (unpaired) electrons. The highest BCUT2D eigenvalue weighted by Gasteiger charge is 2.43. The minimum Gasteiger partial charge on any atom is -0.394 e. The molecule has 0 bridgehead atoms.